The summed E-state index contributed by atoms with van der Waals surface area (Å²) in [5.74, 6) is -0.156. The molecule has 6 heteroatoms. The fourth-order valence-electron chi connectivity index (χ4n) is 2.49. The predicted molar refractivity (Wildman–Crippen MR) is 86.0 cm³/mol. The predicted octanol–water partition coefficient (Wildman–Crippen LogP) is 1.34. The quantitative estimate of drug-likeness (QED) is 0.875. The van der Waals surface area contributed by atoms with E-state index in [9.17, 15) is 14.4 Å². The highest BCUT2D eigenvalue weighted by molar-refractivity contribution is 5.81. The minimum atomic E-state index is -0.361. The maximum atomic E-state index is 12.4. The number of hydrogen-bond acceptors (Lipinski definition) is 3. The lowest BCUT2D eigenvalue weighted by Crippen LogP contribution is -2.40. The van der Waals surface area contributed by atoms with E-state index >= 15 is 0 Å². The van der Waals surface area contributed by atoms with Gasteiger partial charge in [0.25, 0.3) is 11.1 Å². The van der Waals surface area contributed by atoms with Crippen LogP contribution in [0.15, 0.2) is 33.9 Å². The lowest BCUT2D eigenvalue weighted by molar-refractivity contribution is -0.132. The van der Waals surface area contributed by atoms with Crippen LogP contribution in [0.5, 0.6) is 0 Å². The van der Waals surface area contributed by atoms with Crippen LogP contribution in [0, 0.1) is 0 Å². The summed E-state index contributed by atoms with van der Waals surface area (Å²) in [6, 6.07) is 6.61. The van der Waals surface area contributed by atoms with Crippen LogP contribution < -0.4 is 11.1 Å². The second-order valence-corrected chi connectivity index (χ2v) is 5.26. The zero-order valence-electron chi connectivity index (χ0n) is 13.0. The first-order valence-corrected chi connectivity index (χ1v) is 7.58. The third-order valence-corrected chi connectivity index (χ3v) is 3.52. The highest BCUT2D eigenvalue weighted by Crippen LogP contribution is 2.03. The molecule has 0 radical (unpaired) electrons. The van der Waals surface area contributed by atoms with Gasteiger partial charge in [0.15, 0.2) is 0 Å². The van der Waals surface area contributed by atoms with Crippen LogP contribution in [0.3, 0.4) is 0 Å². The number of nitrogens with one attached hydrogen (secondary N) is 1. The van der Waals surface area contributed by atoms with Gasteiger partial charge in [0, 0.05) is 13.1 Å². The van der Waals surface area contributed by atoms with Crippen molar-refractivity contribution >= 4 is 16.7 Å². The van der Waals surface area contributed by atoms with E-state index in [4.69, 9.17) is 0 Å². The van der Waals surface area contributed by atoms with Crippen LogP contribution in [0.25, 0.3) is 10.8 Å². The molecule has 2 aromatic rings. The first-order chi connectivity index (χ1) is 10.6. The van der Waals surface area contributed by atoms with E-state index in [0.717, 1.165) is 17.5 Å². The van der Waals surface area contributed by atoms with Crippen molar-refractivity contribution in [2.75, 3.05) is 13.1 Å². The SMILES string of the molecule is CCCN(CCC)C(=O)Cn1[nH]c(=O)c2ccccc2c1=O. The first-order valence-electron chi connectivity index (χ1n) is 7.58. The van der Waals surface area contributed by atoms with Crippen LogP contribution in [-0.2, 0) is 11.3 Å². The van der Waals surface area contributed by atoms with Gasteiger partial charge in [0.05, 0.1) is 10.8 Å². The second kappa shape index (κ2) is 7.06. The first kappa shape index (κ1) is 16.0. The van der Waals surface area contributed by atoms with Crippen molar-refractivity contribution in [3.63, 3.8) is 0 Å². The fraction of sp³-hybridized carbons (Fsp3) is 0.438. The molecule has 0 aliphatic heterocycles. The molecule has 0 saturated heterocycles. The number of H-pyrrole nitrogens is 1. The molecule has 118 valence electrons. The third kappa shape index (κ3) is 3.27. The summed E-state index contributed by atoms with van der Waals surface area (Å²) in [5.41, 5.74) is -0.711. The Kier molecular flexibility index (Phi) is 5.14. The average molecular weight is 303 g/mol. The summed E-state index contributed by atoms with van der Waals surface area (Å²) in [7, 11) is 0. The molecular weight excluding hydrogens is 282 g/mol. The van der Waals surface area contributed by atoms with Crippen molar-refractivity contribution in [1.29, 1.82) is 0 Å². The summed E-state index contributed by atoms with van der Waals surface area (Å²) in [6.45, 7) is 5.16. The lowest BCUT2D eigenvalue weighted by atomic mass is 10.2. The van der Waals surface area contributed by atoms with Crippen molar-refractivity contribution in [3.05, 3.63) is 45.0 Å². The Morgan fingerprint density at radius 1 is 1.09 bits per heavy atom. The second-order valence-electron chi connectivity index (χ2n) is 5.26. The van der Waals surface area contributed by atoms with Gasteiger partial charge in [-0.2, -0.15) is 0 Å². The molecule has 0 aliphatic carbocycles. The van der Waals surface area contributed by atoms with Gasteiger partial charge in [-0.3, -0.25) is 19.5 Å². The molecule has 1 aromatic carbocycles. The largest absolute Gasteiger partial charge is 0.341 e. The number of rotatable bonds is 6. The molecule has 1 N–H and O–H groups in total. The molecule has 0 aliphatic rings. The third-order valence-electron chi connectivity index (χ3n) is 3.52. The molecule has 0 fully saturated rings. The number of aromatic amines is 1. The molecule has 0 unspecified atom stereocenters. The Labute approximate surface area is 128 Å². The highest BCUT2D eigenvalue weighted by atomic mass is 16.2. The molecular formula is C16H21N3O3. The average Bonchev–Trinajstić information content (AvgIpc) is 2.52. The van der Waals surface area contributed by atoms with Gasteiger partial charge in [0.1, 0.15) is 6.54 Å². The normalized spacial score (nSPS) is 10.8. The zero-order chi connectivity index (χ0) is 16.1. The van der Waals surface area contributed by atoms with Gasteiger partial charge < -0.3 is 4.90 Å². The smallest absolute Gasteiger partial charge is 0.273 e. The van der Waals surface area contributed by atoms with Gasteiger partial charge in [-0.05, 0) is 25.0 Å². The van der Waals surface area contributed by atoms with Gasteiger partial charge in [-0.25, -0.2) is 4.68 Å². The monoisotopic (exact) mass is 303 g/mol. The van der Waals surface area contributed by atoms with Crippen molar-refractivity contribution in [2.45, 2.75) is 33.2 Å². The molecule has 6 nitrogen and oxygen atoms in total. The van der Waals surface area contributed by atoms with Crippen molar-refractivity contribution in [1.82, 2.24) is 14.7 Å². The number of aromatic nitrogens is 2. The summed E-state index contributed by atoms with van der Waals surface area (Å²) < 4.78 is 1.10. The Morgan fingerprint density at radius 3 is 2.27 bits per heavy atom. The zero-order valence-corrected chi connectivity index (χ0v) is 13.0. The number of nitrogens with zero attached hydrogens (tertiary/aromatic N) is 2. The maximum Gasteiger partial charge on any atom is 0.273 e. The molecule has 22 heavy (non-hydrogen) atoms. The van der Waals surface area contributed by atoms with Gasteiger partial charge in [0.2, 0.25) is 5.91 Å². The summed E-state index contributed by atoms with van der Waals surface area (Å²) >= 11 is 0. The van der Waals surface area contributed by atoms with Crippen molar-refractivity contribution < 1.29 is 4.79 Å². The molecule has 0 spiro atoms. The van der Waals surface area contributed by atoms with Crippen LogP contribution in [-0.4, -0.2) is 33.7 Å². The van der Waals surface area contributed by atoms with Crippen LogP contribution in [0.1, 0.15) is 26.7 Å². The molecule has 1 amide bonds. The number of carbonyl (C=O) groups excluding carboxylic acids is 1. The van der Waals surface area contributed by atoms with E-state index in [2.05, 4.69) is 5.10 Å². The standard InChI is InChI=1S/C16H21N3O3/c1-3-9-18(10-4-2)14(20)11-19-16(22)13-8-6-5-7-12(13)15(21)17-19/h5-8H,3-4,9-11H2,1-2H3,(H,17,21). The van der Waals surface area contributed by atoms with Crippen LogP contribution in [0.4, 0.5) is 0 Å². The lowest BCUT2D eigenvalue weighted by Gasteiger charge is -2.21. The van der Waals surface area contributed by atoms with E-state index in [1.165, 1.54) is 0 Å². The van der Waals surface area contributed by atoms with Gasteiger partial charge in [-0.15, -0.1) is 0 Å². The summed E-state index contributed by atoms with van der Waals surface area (Å²) in [5, 5.41) is 3.16. The number of fused-ring (bicyclic) bond motifs is 1. The Balaban J connectivity index is 2.35. The Bertz CT molecular complexity index is 770. The number of hydrogen-bond donors (Lipinski definition) is 1. The molecule has 0 bridgehead atoms. The van der Waals surface area contributed by atoms with Gasteiger partial charge >= 0.3 is 0 Å². The van der Waals surface area contributed by atoms with E-state index < -0.39 is 0 Å². The van der Waals surface area contributed by atoms with E-state index in [0.29, 0.717) is 23.9 Å². The van der Waals surface area contributed by atoms with E-state index in [-0.39, 0.29) is 23.6 Å². The number of amides is 1. The van der Waals surface area contributed by atoms with Crippen molar-refractivity contribution in [3.8, 4) is 0 Å². The molecule has 2 rings (SSSR count). The maximum absolute atomic E-state index is 12.4. The highest BCUT2D eigenvalue weighted by Gasteiger charge is 2.15. The number of carbonyl (C=O) groups is 1. The Morgan fingerprint density at radius 2 is 1.68 bits per heavy atom. The number of benzene rings is 1. The fourth-order valence-corrected chi connectivity index (χ4v) is 2.49. The van der Waals surface area contributed by atoms with Crippen LogP contribution >= 0.6 is 0 Å². The topological polar surface area (TPSA) is 75.2 Å². The molecule has 1 aromatic heterocycles. The molecule has 0 saturated carbocycles. The van der Waals surface area contributed by atoms with Gasteiger partial charge in [-0.1, -0.05) is 26.0 Å². The minimum Gasteiger partial charge on any atom is -0.341 e. The van der Waals surface area contributed by atoms with E-state index in [1.54, 1.807) is 29.2 Å². The summed E-state index contributed by atoms with van der Waals surface area (Å²) in [4.78, 5) is 38.4. The summed E-state index contributed by atoms with van der Waals surface area (Å²) in [6.07, 6.45) is 1.71. The van der Waals surface area contributed by atoms with Crippen LogP contribution in [0.2, 0.25) is 0 Å². The Hall–Kier alpha value is -2.37. The minimum absolute atomic E-state index is 0.140. The molecule has 0 atom stereocenters. The van der Waals surface area contributed by atoms with E-state index in [1.807, 2.05) is 13.8 Å². The van der Waals surface area contributed by atoms with Crippen molar-refractivity contribution in [2.24, 2.45) is 0 Å². The molecule has 1 heterocycles.